The van der Waals surface area contributed by atoms with Crippen molar-refractivity contribution in [2.75, 3.05) is 33.7 Å². The molecule has 0 aromatic heterocycles. The molecule has 0 bridgehead atoms. The quantitative estimate of drug-likeness (QED) is 0.557. The van der Waals surface area contributed by atoms with Gasteiger partial charge in [0.1, 0.15) is 0 Å². The van der Waals surface area contributed by atoms with Crippen LogP contribution in [0, 0.1) is 0 Å². The Morgan fingerprint density at radius 1 is 1.67 bits per heavy atom. The Morgan fingerprint density at radius 2 is 2.25 bits per heavy atom. The van der Waals surface area contributed by atoms with Gasteiger partial charge < -0.3 is 10.4 Å². The highest BCUT2D eigenvalue weighted by atomic mass is 16.3. The molecule has 1 unspecified atom stereocenters. The molecular weight excluding hydrogens is 152 g/mol. The van der Waals surface area contributed by atoms with Crippen LogP contribution >= 0.6 is 0 Å². The molecule has 0 aromatic carbocycles. The minimum Gasteiger partial charge on any atom is -0.392 e. The van der Waals surface area contributed by atoms with E-state index in [0.717, 1.165) is 18.7 Å². The maximum absolute atomic E-state index is 9.08. The molecule has 3 nitrogen and oxygen atoms in total. The summed E-state index contributed by atoms with van der Waals surface area (Å²) >= 11 is 0. The van der Waals surface area contributed by atoms with Gasteiger partial charge in [-0.2, -0.15) is 0 Å². The van der Waals surface area contributed by atoms with Crippen LogP contribution in [0.3, 0.4) is 0 Å². The molecule has 0 amide bonds. The first-order valence-corrected chi connectivity index (χ1v) is 4.24. The molecular formula is C9H20N2O. The third-order valence-corrected chi connectivity index (χ3v) is 1.50. The van der Waals surface area contributed by atoms with Crippen molar-refractivity contribution in [3.8, 4) is 0 Å². The molecule has 3 heteroatoms. The average Bonchev–Trinajstić information content (AvgIpc) is 1.84. The number of nitrogens with zero attached hydrogens (tertiary/aromatic N) is 1. The zero-order chi connectivity index (χ0) is 9.56. The molecule has 0 aliphatic carbocycles. The largest absolute Gasteiger partial charge is 0.392 e. The smallest absolute Gasteiger partial charge is 0.0639 e. The predicted molar refractivity (Wildman–Crippen MR) is 52.2 cm³/mol. The van der Waals surface area contributed by atoms with Crippen molar-refractivity contribution in [1.29, 1.82) is 0 Å². The number of nitrogens with one attached hydrogen (secondary N) is 1. The van der Waals surface area contributed by atoms with Gasteiger partial charge in [0.2, 0.25) is 0 Å². The second kappa shape index (κ2) is 6.17. The topological polar surface area (TPSA) is 35.5 Å². The molecule has 0 rings (SSSR count). The minimum absolute atomic E-state index is 0.266. The number of rotatable bonds is 6. The summed E-state index contributed by atoms with van der Waals surface area (Å²) in [6, 6.07) is 0. The summed E-state index contributed by atoms with van der Waals surface area (Å²) in [5, 5.41) is 12.1. The molecule has 0 radical (unpaired) electrons. The van der Waals surface area contributed by atoms with E-state index < -0.39 is 0 Å². The second-order valence-corrected chi connectivity index (χ2v) is 3.33. The van der Waals surface area contributed by atoms with E-state index in [-0.39, 0.29) is 6.10 Å². The highest BCUT2D eigenvalue weighted by Crippen LogP contribution is 1.94. The van der Waals surface area contributed by atoms with Gasteiger partial charge >= 0.3 is 0 Å². The SMILES string of the molecule is C=C(CNC)CN(C)CC(C)O. The van der Waals surface area contributed by atoms with Crippen molar-refractivity contribution in [2.45, 2.75) is 13.0 Å². The first kappa shape index (κ1) is 11.6. The first-order chi connectivity index (χ1) is 5.56. The average molecular weight is 172 g/mol. The molecule has 0 saturated heterocycles. The highest BCUT2D eigenvalue weighted by Gasteiger charge is 2.03. The Kier molecular flexibility index (Phi) is 5.98. The highest BCUT2D eigenvalue weighted by molar-refractivity contribution is 4.98. The molecule has 0 aromatic rings. The van der Waals surface area contributed by atoms with E-state index in [1.54, 1.807) is 6.92 Å². The molecule has 2 N–H and O–H groups in total. The molecule has 72 valence electrons. The number of hydrogen-bond donors (Lipinski definition) is 2. The van der Waals surface area contributed by atoms with Gasteiger partial charge in [0.15, 0.2) is 0 Å². The van der Waals surface area contributed by atoms with Crippen LogP contribution in [0.1, 0.15) is 6.92 Å². The first-order valence-electron chi connectivity index (χ1n) is 4.24. The summed E-state index contributed by atoms with van der Waals surface area (Å²) in [5.74, 6) is 0. The lowest BCUT2D eigenvalue weighted by atomic mass is 10.2. The third kappa shape index (κ3) is 6.34. The van der Waals surface area contributed by atoms with Crippen LogP contribution in [0.2, 0.25) is 0 Å². The Bertz CT molecular complexity index is 134. The third-order valence-electron chi connectivity index (χ3n) is 1.50. The van der Waals surface area contributed by atoms with E-state index in [9.17, 15) is 0 Å². The monoisotopic (exact) mass is 172 g/mol. The van der Waals surface area contributed by atoms with E-state index >= 15 is 0 Å². The summed E-state index contributed by atoms with van der Waals surface area (Å²) in [5.41, 5.74) is 1.14. The summed E-state index contributed by atoms with van der Waals surface area (Å²) < 4.78 is 0. The van der Waals surface area contributed by atoms with Gasteiger partial charge in [0.25, 0.3) is 0 Å². The van der Waals surface area contributed by atoms with Crippen molar-refractivity contribution in [1.82, 2.24) is 10.2 Å². The standard InChI is InChI=1S/C9H20N2O/c1-8(5-10-3)6-11(4)7-9(2)12/h9-10,12H,1,5-7H2,2-4H3. The lowest BCUT2D eigenvalue weighted by Crippen LogP contribution is -2.30. The van der Waals surface area contributed by atoms with Gasteiger partial charge in [0, 0.05) is 19.6 Å². The number of aliphatic hydroxyl groups excluding tert-OH is 1. The van der Waals surface area contributed by atoms with Crippen LogP contribution in [0.5, 0.6) is 0 Å². The van der Waals surface area contributed by atoms with Crippen molar-refractivity contribution >= 4 is 0 Å². The molecule has 0 spiro atoms. The van der Waals surface area contributed by atoms with E-state index in [1.165, 1.54) is 0 Å². The summed E-state index contributed by atoms with van der Waals surface area (Å²) in [6.45, 7) is 8.07. The summed E-state index contributed by atoms with van der Waals surface area (Å²) in [4.78, 5) is 2.06. The molecule has 0 aliphatic heterocycles. The predicted octanol–water partition coefficient (Wildman–Crippen LogP) is 0.0746. The van der Waals surface area contributed by atoms with Crippen LogP contribution in [0.15, 0.2) is 12.2 Å². The lowest BCUT2D eigenvalue weighted by Gasteiger charge is -2.19. The van der Waals surface area contributed by atoms with Crippen molar-refractivity contribution in [3.63, 3.8) is 0 Å². The number of aliphatic hydroxyl groups is 1. The number of hydrogen-bond acceptors (Lipinski definition) is 3. The normalized spacial score (nSPS) is 13.4. The Balaban J connectivity index is 3.54. The van der Waals surface area contributed by atoms with Crippen LogP contribution < -0.4 is 5.32 Å². The molecule has 0 heterocycles. The van der Waals surface area contributed by atoms with Crippen LogP contribution in [0.4, 0.5) is 0 Å². The fourth-order valence-electron chi connectivity index (χ4n) is 1.20. The van der Waals surface area contributed by atoms with E-state index in [1.807, 2.05) is 14.1 Å². The summed E-state index contributed by atoms with van der Waals surface area (Å²) in [7, 11) is 3.88. The molecule has 12 heavy (non-hydrogen) atoms. The van der Waals surface area contributed by atoms with Gasteiger partial charge in [-0.05, 0) is 26.6 Å². The van der Waals surface area contributed by atoms with E-state index in [2.05, 4.69) is 16.8 Å². The van der Waals surface area contributed by atoms with Gasteiger partial charge in [-0.3, -0.25) is 4.90 Å². The minimum atomic E-state index is -0.266. The molecule has 0 aliphatic rings. The maximum Gasteiger partial charge on any atom is 0.0639 e. The summed E-state index contributed by atoms with van der Waals surface area (Å²) in [6.07, 6.45) is -0.266. The number of likely N-dealkylation sites (N-methyl/N-ethyl adjacent to an activating group) is 2. The van der Waals surface area contributed by atoms with Crippen LogP contribution in [-0.4, -0.2) is 49.8 Å². The van der Waals surface area contributed by atoms with Gasteiger partial charge in [-0.1, -0.05) is 6.58 Å². The fraction of sp³-hybridized carbons (Fsp3) is 0.778. The van der Waals surface area contributed by atoms with Gasteiger partial charge in [0.05, 0.1) is 6.10 Å². The zero-order valence-electron chi connectivity index (χ0n) is 8.30. The van der Waals surface area contributed by atoms with E-state index in [4.69, 9.17) is 5.11 Å². The van der Waals surface area contributed by atoms with Gasteiger partial charge in [-0.15, -0.1) is 0 Å². The Hall–Kier alpha value is -0.380. The van der Waals surface area contributed by atoms with Gasteiger partial charge in [-0.25, -0.2) is 0 Å². The van der Waals surface area contributed by atoms with E-state index in [0.29, 0.717) is 6.54 Å². The van der Waals surface area contributed by atoms with Crippen molar-refractivity contribution in [3.05, 3.63) is 12.2 Å². The Morgan fingerprint density at radius 3 is 2.67 bits per heavy atom. The lowest BCUT2D eigenvalue weighted by molar-refractivity contribution is 0.146. The van der Waals surface area contributed by atoms with Crippen LogP contribution in [-0.2, 0) is 0 Å². The van der Waals surface area contributed by atoms with Crippen molar-refractivity contribution < 1.29 is 5.11 Å². The second-order valence-electron chi connectivity index (χ2n) is 3.33. The molecule has 0 saturated carbocycles. The van der Waals surface area contributed by atoms with Crippen molar-refractivity contribution in [2.24, 2.45) is 0 Å². The molecule has 0 fully saturated rings. The Labute approximate surface area is 75.1 Å². The fourth-order valence-corrected chi connectivity index (χ4v) is 1.20. The van der Waals surface area contributed by atoms with Crippen LogP contribution in [0.25, 0.3) is 0 Å². The molecule has 1 atom stereocenters. The maximum atomic E-state index is 9.08. The zero-order valence-corrected chi connectivity index (χ0v) is 8.30.